The van der Waals surface area contributed by atoms with Gasteiger partial charge in [0.05, 0.1) is 14.2 Å². The summed E-state index contributed by atoms with van der Waals surface area (Å²) in [5.41, 5.74) is 0. The van der Waals surface area contributed by atoms with Gasteiger partial charge in [-0.1, -0.05) is 11.6 Å². The highest BCUT2D eigenvalue weighted by Gasteiger charge is 3.12. The van der Waals surface area contributed by atoms with Gasteiger partial charge in [-0.25, -0.2) is 0 Å². The average molecular weight is 463 g/mol. The first-order valence-corrected chi connectivity index (χ1v) is 8.68. The van der Waals surface area contributed by atoms with E-state index < -0.39 is 41.2 Å². The number of carbonyl (C=O) groups is 2. The predicted octanol–water partition coefficient (Wildman–Crippen LogP) is 3.36. The van der Waals surface area contributed by atoms with Gasteiger partial charge >= 0.3 is 11.9 Å². The summed E-state index contributed by atoms with van der Waals surface area (Å²) in [5, 5.41) is -0.160. The van der Waals surface area contributed by atoms with Crippen molar-refractivity contribution in [3.63, 3.8) is 0 Å². The number of methoxy groups -OCH3 is 2. The zero-order valence-electron chi connectivity index (χ0n) is 11.4. The number of hydrogen-bond donors (Lipinski definition) is 0. The summed E-state index contributed by atoms with van der Waals surface area (Å²) in [6.07, 6.45) is 1.17. The van der Waals surface area contributed by atoms with Crippen LogP contribution in [0.1, 0.15) is 0 Å². The molecular weight excluding hydrogens is 456 g/mol. The Kier molecular flexibility index (Phi) is 3.63. The van der Waals surface area contributed by atoms with E-state index in [2.05, 4.69) is 9.47 Å². The largest absolute Gasteiger partial charge is 0.468 e. The minimum Gasteiger partial charge on any atom is -0.468 e. The van der Waals surface area contributed by atoms with Gasteiger partial charge in [-0.05, 0) is 6.08 Å². The fourth-order valence-corrected chi connectivity index (χ4v) is 8.82. The lowest BCUT2D eigenvalue weighted by molar-refractivity contribution is -0.175. The Labute approximate surface area is 166 Å². The van der Waals surface area contributed by atoms with Gasteiger partial charge in [0.15, 0.2) is 9.75 Å². The lowest BCUT2D eigenvalue weighted by Gasteiger charge is -2.87. The van der Waals surface area contributed by atoms with Crippen LogP contribution >= 0.6 is 81.2 Å². The Bertz CT molecular complexity index is 699. The first-order chi connectivity index (χ1) is 10.3. The summed E-state index contributed by atoms with van der Waals surface area (Å²) in [6, 6.07) is 0. The van der Waals surface area contributed by atoms with Crippen molar-refractivity contribution in [1.29, 1.82) is 0 Å². The standard InChI is InChI=1S/C12H7Cl7O4/c1-22-5(20)9(16)7(14)3-4(13)8(15)10(17,6(21)23-2)11(7,18)12(8,9)19/h3H,1-2H3/t7-,8-,9+,10+,11-,12-/m1/s1. The van der Waals surface area contributed by atoms with Gasteiger partial charge in [0.25, 0.3) is 0 Å². The third kappa shape index (κ3) is 1.18. The first-order valence-electron chi connectivity index (χ1n) is 6.03. The second-order valence-corrected chi connectivity index (χ2v) is 9.32. The van der Waals surface area contributed by atoms with Crippen molar-refractivity contribution in [3.8, 4) is 0 Å². The van der Waals surface area contributed by atoms with Crippen molar-refractivity contribution >= 4 is 93.1 Å². The van der Waals surface area contributed by atoms with Crippen molar-refractivity contribution in [1.82, 2.24) is 0 Å². The molecule has 0 aromatic heterocycles. The zero-order valence-corrected chi connectivity index (χ0v) is 16.6. The molecular formula is C12H7Cl7O4. The molecule has 4 rings (SSSR count). The van der Waals surface area contributed by atoms with Crippen LogP contribution < -0.4 is 0 Å². The Morgan fingerprint density at radius 3 is 1.74 bits per heavy atom. The maximum Gasteiger partial charge on any atom is 0.331 e. The molecule has 0 amide bonds. The SMILES string of the molecule is COC(=O)[C@]1(Cl)[C@]2(Cl)C=C(Cl)[C@@]3(Cl)[C@@](Cl)(C(=O)OC)[C@@]2(Cl)[C@@]31Cl. The van der Waals surface area contributed by atoms with Gasteiger partial charge < -0.3 is 9.47 Å². The maximum atomic E-state index is 12.3. The normalized spacial score (nSPS) is 56.0. The molecule has 11 heteroatoms. The van der Waals surface area contributed by atoms with E-state index in [4.69, 9.17) is 81.2 Å². The fraction of sp³-hybridized carbons (Fsp3) is 0.667. The molecule has 0 N–H and O–H groups in total. The van der Waals surface area contributed by atoms with E-state index in [1.807, 2.05) is 0 Å². The Morgan fingerprint density at radius 1 is 0.870 bits per heavy atom. The van der Waals surface area contributed by atoms with Gasteiger partial charge in [-0.2, -0.15) is 0 Å². The zero-order chi connectivity index (χ0) is 17.9. The van der Waals surface area contributed by atoms with Crippen LogP contribution in [0.25, 0.3) is 0 Å². The molecule has 0 aliphatic heterocycles. The van der Waals surface area contributed by atoms with Crippen LogP contribution in [0, 0.1) is 0 Å². The monoisotopic (exact) mass is 460 g/mol. The number of rotatable bonds is 2. The van der Waals surface area contributed by atoms with Crippen molar-refractivity contribution in [2.75, 3.05) is 14.2 Å². The van der Waals surface area contributed by atoms with E-state index in [1.54, 1.807) is 0 Å². The molecule has 2 saturated carbocycles. The van der Waals surface area contributed by atoms with Crippen LogP contribution in [0.4, 0.5) is 0 Å². The molecule has 4 aliphatic rings. The van der Waals surface area contributed by atoms with Gasteiger partial charge in [0.2, 0.25) is 0 Å². The van der Waals surface area contributed by atoms with Crippen LogP contribution in [-0.2, 0) is 19.1 Å². The molecule has 0 spiro atoms. The van der Waals surface area contributed by atoms with Crippen molar-refractivity contribution in [3.05, 3.63) is 11.1 Å². The average Bonchev–Trinajstić information content (AvgIpc) is 2.53. The molecule has 0 saturated heterocycles. The molecule has 4 aliphatic carbocycles. The minimum absolute atomic E-state index is 0.160. The number of ether oxygens (including phenoxy) is 2. The number of carbonyl (C=O) groups excluding carboxylic acids is 2. The molecule has 0 unspecified atom stereocenters. The van der Waals surface area contributed by atoms with Crippen molar-refractivity contribution < 1.29 is 19.1 Å². The van der Waals surface area contributed by atoms with E-state index in [-0.39, 0.29) is 5.03 Å². The van der Waals surface area contributed by atoms with E-state index in [0.717, 1.165) is 14.2 Å². The molecule has 0 aromatic rings. The lowest BCUT2D eigenvalue weighted by atomic mass is 9.31. The van der Waals surface area contributed by atoms with E-state index in [1.165, 1.54) is 6.08 Å². The van der Waals surface area contributed by atoms with Crippen LogP contribution in [0.3, 0.4) is 0 Å². The van der Waals surface area contributed by atoms with Crippen molar-refractivity contribution in [2.45, 2.75) is 29.2 Å². The Hall–Kier alpha value is 0.710. The Morgan fingerprint density at radius 2 is 1.30 bits per heavy atom. The summed E-state index contributed by atoms with van der Waals surface area (Å²) in [6.45, 7) is 0. The second kappa shape index (κ2) is 4.51. The highest BCUT2D eigenvalue weighted by molar-refractivity contribution is 6.71. The van der Waals surface area contributed by atoms with Crippen molar-refractivity contribution in [2.24, 2.45) is 0 Å². The number of hydrogen-bond acceptors (Lipinski definition) is 4. The Balaban J connectivity index is 2.37. The molecule has 0 heterocycles. The number of alkyl halides is 6. The summed E-state index contributed by atoms with van der Waals surface area (Å²) in [4.78, 5) is 12.5. The van der Waals surface area contributed by atoms with Gasteiger partial charge in [-0.3, -0.25) is 9.59 Å². The number of allylic oxidation sites excluding steroid dienone is 2. The molecule has 6 atom stereocenters. The van der Waals surface area contributed by atoms with E-state index in [0.29, 0.717) is 0 Å². The van der Waals surface area contributed by atoms with Crippen LogP contribution in [0.2, 0.25) is 0 Å². The third-order valence-corrected chi connectivity index (χ3v) is 10.7. The quantitative estimate of drug-likeness (QED) is 0.466. The predicted molar refractivity (Wildman–Crippen MR) is 89.5 cm³/mol. The van der Waals surface area contributed by atoms with Crippen LogP contribution in [0.15, 0.2) is 11.1 Å². The molecule has 4 nitrogen and oxygen atoms in total. The fourth-order valence-electron chi connectivity index (χ4n) is 3.94. The summed E-state index contributed by atoms with van der Waals surface area (Å²) >= 11 is 45.2. The lowest BCUT2D eigenvalue weighted by Crippen LogP contribution is -3.11. The number of esters is 2. The number of halogens is 7. The molecule has 0 radical (unpaired) electrons. The molecule has 2 fully saturated rings. The topological polar surface area (TPSA) is 52.6 Å². The molecule has 23 heavy (non-hydrogen) atoms. The third-order valence-electron chi connectivity index (χ3n) is 4.96. The van der Waals surface area contributed by atoms with Crippen LogP contribution in [-0.4, -0.2) is 55.4 Å². The molecule has 4 bridgehead atoms. The van der Waals surface area contributed by atoms with E-state index >= 15 is 0 Å². The van der Waals surface area contributed by atoms with Crippen LogP contribution in [0.5, 0.6) is 0 Å². The highest BCUT2D eigenvalue weighted by atomic mass is 35.5. The van der Waals surface area contributed by atoms with Gasteiger partial charge in [0.1, 0.15) is 19.5 Å². The summed E-state index contributed by atoms with van der Waals surface area (Å²) in [7, 11) is 2.17. The smallest absolute Gasteiger partial charge is 0.331 e. The van der Waals surface area contributed by atoms with Gasteiger partial charge in [0, 0.05) is 5.03 Å². The second-order valence-electron chi connectivity index (χ2n) is 5.48. The highest BCUT2D eigenvalue weighted by Crippen LogP contribution is 2.92. The maximum absolute atomic E-state index is 12.3. The molecule has 0 aromatic carbocycles. The van der Waals surface area contributed by atoms with Gasteiger partial charge in [-0.15, -0.1) is 69.6 Å². The first kappa shape index (κ1) is 18.5. The minimum atomic E-state index is -2.14. The molecule has 128 valence electrons. The van der Waals surface area contributed by atoms with E-state index in [9.17, 15) is 9.59 Å². The summed E-state index contributed by atoms with van der Waals surface area (Å²) in [5.74, 6) is -1.98. The summed E-state index contributed by atoms with van der Waals surface area (Å²) < 4.78 is 9.37.